The molecule has 2 aliphatic heterocycles. The molecule has 6 heteroatoms. The molecule has 8 atom stereocenters. The number of hydrogen-bond donors (Lipinski definition) is 3. The predicted octanol–water partition coefficient (Wildman–Crippen LogP) is 3.10. The maximum absolute atomic E-state index is 13.7. The molecule has 1 saturated carbocycles. The first kappa shape index (κ1) is 24.4. The van der Waals surface area contributed by atoms with Crippen LogP contribution in [0.4, 0.5) is 0 Å². The second kappa shape index (κ2) is 9.16. The van der Waals surface area contributed by atoms with Gasteiger partial charge in [0.2, 0.25) is 5.60 Å². The van der Waals surface area contributed by atoms with Gasteiger partial charge in [0.1, 0.15) is 0 Å². The first-order valence-corrected chi connectivity index (χ1v) is 12.1. The zero-order chi connectivity index (χ0) is 24.7. The molecule has 1 aromatic carbocycles. The zero-order valence-electron chi connectivity index (χ0n) is 20.1. The van der Waals surface area contributed by atoms with Crippen LogP contribution in [0.2, 0.25) is 0 Å². The summed E-state index contributed by atoms with van der Waals surface area (Å²) in [5, 5.41) is 25.0. The molecule has 8 unspecified atom stereocenters. The zero-order valence-corrected chi connectivity index (χ0v) is 20.1. The highest BCUT2D eigenvalue weighted by Crippen LogP contribution is 2.52. The van der Waals surface area contributed by atoms with Gasteiger partial charge in [-0.15, -0.1) is 0 Å². The maximum atomic E-state index is 13.7. The van der Waals surface area contributed by atoms with E-state index >= 15 is 0 Å². The summed E-state index contributed by atoms with van der Waals surface area (Å²) in [6.07, 6.45) is 7.04. The molecule has 4 rings (SSSR count). The molecule has 0 bridgehead atoms. The quantitative estimate of drug-likeness (QED) is 0.461. The van der Waals surface area contributed by atoms with E-state index in [9.17, 15) is 19.8 Å². The summed E-state index contributed by atoms with van der Waals surface area (Å²) in [6, 6.07) is 9.56. The summed E-state index contributed by atoms with van der Waals surface area (Å²) >= 11 is 0. The van der Waals surface area contributed by atoms with Gasteiger partial charge in [0.25, 0.3) is 5.91 Å². The number of ether oxygens (including phenoxy) is 1. The standard InChI is InChI=1S/C28H35NO5/c1-17-9-8-12-21-25(31)19(3)18(2)24-22(15-20-10-6-5-7-11-20)29-26(32)28(21,24)34-23(30)13-14-27(4,33)16-17/h5-8,10-14,17-18,21-22,24-25,31,33H,3,9,15-16H2,1-2,4H3,(H,29,32). The van der Waals surface area contributed by atoms with Gasteiger partial charge in [-0.2, -0.15) is 0 Å². The minimum Gasteiger partial charge on any atom is -0.445 e. The van der Waals surface area contributed by atoms with Gasteiger partial charge in [0.05, 0.1) is 17.6 Å². The first-order chi connectivity index (χ1) is 16.0. The lowest BCUT2D eigenvalue weighted by Gasteiger charge is -2.49. The number of esters is 1. The van der Waals surface area contributed by atoms with Crippen LogP contribution in [-0.4, -0.2) is 45.4 Å². The van der Waals surface area contributed by atoms with E-state index in [2.05, 4.69) is 11.9 Å². The maximum Gasteiger partial charge on any atom is 0.331 e. The number of carbonyl (C=O) groups excluding carboxylic acids is 2. The number of aliphatic hydroxyl groups is 2. The highest BCUT2D eigenvalue weighted by atomic mass is 16.6. The molecular formula is C28H35NO5. The van der Waals surface area contributed by atoms with E-state index in [1.54, 1.807) is 6.92 Å². The number of benzene rings is 1. The monoisotopic (exact) mass is 465 g/mol. The third-order valence-electron chi connectivity index (χ3n) is 7.73. The Morgan fingerprint density at radius 3 is 2.62 bits per heavy atom. The third kappa shape index (κ3) is 4.37. The number of nitrogens with one attached hydrogen (secondary N) is 1. The summed E-state index contributed by atoms with van der Waals surface area (Å²) in [7, 11) is 0. The van der Waals surface area contributed by atoms with Gasteiger partial charge >= 0.3 is 5.97 Å². The lowest BCUT2D eigenvalue weighted by atomic mass is 9.59. The van der Waals surface area contributed by atoms with Crippen LogP contribution in [0.15, 0.2) is 66.8 Å². The molecule has 0 radical (unpaired) electrons. The highest BCUT2D eigenvalue weighted by molar-refractivity contribution is 5.94. The SMILES string of the molecule is C=C1C(C)C2C(Cc3ccccc3)NC(=O)C23OC(=O)C=CC(C)(O)CC(C)CC=CC3C1O. The van der Waals surface area contributed by atoms with Gasteiger partial charge in [-0.1, -0.05) is 62.9 Å². The van der Waals surface area contributed by atoms with Crippen LogP contribution in [0.25, 0.3) is 0 Å². The molecule has 3 N–H and O–H groups in total. The molecule has 1 aliphatic carbocycles. The molecule has 34 heavy (non-hydrogen) atoms. The molecule has 2 fully saturated rings. The Bertz CT molecular complexity index is 1010. The number of allylic oxidation sites excluding steroid dienone is 1. The Balaban J connectivity index is 1.81. The average Bonchev–Trinajstić information content (AvgIpc) is 3.04. The van der Waals surface area contributed by atoms with Crippen molar-refractivity contribution in [2.75, 3.05) is 0 Å². The second-order valence-electron chi connectivity index (χ2n) is 10.5. The Morgan fingerprint density at radius 1 is 1.21 bits per heavy atom. The van der Waals surface area contributed by atoms with Crippen LogP contribution in [-0.2, 0) is 20.7 Å². The van der Waals surface area contributed by atoms with Crippen molar-refractivity contribution in [1.82, 2.24) is 5.32 Å². The van der Waals surface area contributed by atoms with Crippen LogP contribution in [0, 0.1) is 23.7 Å². The lowest BCUT2D eigenvalue weighted by molar-refractivity contribution is -0.182. The number of hydrogen-bond acceptors (Lipinski definition) is 5. The van der Waals surface area contributed by atoms with Crippen LogP contribution >= 0.6 is 0 Å². The van der Waals surface area contributed by atoms with E-state index < -0.39 is 41.0 Å². The van der Waals surface area contributed by atoms with Crippen molar-refractivity contribution in [2.45, 2.75) is 63.4 Å². The highest BCUT2D eigenvalue weighted by Gasteiger charge is 2.67. The van der Waals surface area contributed by atoms with Crippen molar-refractivity contribution in [3.8, 4) is 0 Å². The Hall–Kier alpha value is -2.70. The fourth-order valence-electron chi connectivity index (χ4n) is 6.12. The predicted molar refractivity (Wildman–Crippen MR) is 129 cm³/mol. The van der Waals surface area contributed by atoms with Crippen molar-refractivity contribution in [3.63, 3.8) is 0 Å². The van der Waals surface area contributed by atoms with E-state index in [-0.39, 0.29) is 17.9 Å². The van der Waals surface area contributed by atoms with Crippen molar-refractivity contribution < 1.29 is 24.5 Å². The number of carbonyl (C=O) groups is 2. The summed E-state index contributed by atoms with van der Waals surface area (Å²) in [6.45, 7) is 9.77. The van der Waals surface area contributed by atoms with Crippen LogP contribution < -0.4 is 5.32 Å². The van der Waals surface area contributed by atoms with Crippen LogP contribution in [0.3, 0.4) is 0 Å². The fourth-order valence-corrected chi connectivity index (χ4v) is 6.12. The van der Waals surface area contributed by atoms with Crippen molar-refractivity contribution in [2.24, 2.45) is 23.7 Å². The Morgan fingerprint density at radius 2 is 1.91 bits per heavy atom. The molecule has 3 aliphatic rings. The first-order valence-electron chi connectivity index (χ1n) is 12.1. The third-order valence-corrected chi connectivity index (χ3v) is 7.73. The lowest BCUT2D eigenvalue weighted by Crippen LogP contribution is -2.61. The molecule has 2 heterocycles. The topological polar surface area (TPSA) is 95.9 Å². The van der Waals surface area contributed by atoms with Gasteiger partial charge in [-0.3, -0.25) is 4.79 Å². The number of amides is 1. The summed E-state index contributed by atoms with van der Waals surface area (Å²) in [5.41, 5.74) is -1.06. The smallest absolute Gasteiger partial charge is 0.331 e. The molecule has 1 aromatic rings. The molecule has 0 aromatic heterocycles. The Labute approximate surface area is 201 Å². The van der Waals surface area contributed by atoms with Crippen LogP contribution in [0.5, 0.6) is 0 Å². The average molecular weight is 466 g/mol. The summed E-state index contributed by atoms with van der Waals surface area (Å²) < 4.78 is 6.03. The van der Waals surface area contributed by atoms with E-state index in [0.717, 1.165) is 5.56 Å². The minimum absolute atomic E-state index is 0.129. The van der Waals surface area contributed by atoms with Crippen molar-refractivity contribution in [1.29, 1.82) is 0 Å². The number of aliphatic hydroxyl groups excluding tert-OH is 1. The minimum atomic E-state index is -1.58. The molecule has 6 nitrogen and oxygen atoms in total. The van der Waals surface area contributed by atoms with Gasteiger partial charge in [-0.05, 0) is 55.2 Å². The number of rotatable bonds is 2. The van der Waals surface area contributed by atoms with Gasteiger partial charge in [0, 0.05) is 18.0 Å². The molecule has 1 amide bonds. The molecule has 1 saturated heterocycles. The van der Waals surface area contributed by atoms with Gasteiger partial charge < -0.3 is 20.3 Å². The van der Waals surface area contributed by atoms with E-state index in [1.165, 1.54) is 12.2 Å². The largest absolute Gasteiger partial charge is 0.445 e. The van der Waals surface area contributed by atoms with Crippen molar-refractivity contribution in [3.05, 3.63) is 72.4 Å². The van der Waals surface area contributed by atoms with Gasteiger partial charge in [0.15, 0.2) is 0 Å². The normalized spacial score (nSPS) is 40.4. The molecule has 1 spiro atoms. The van der Waals surface area contributed by atoms with E-state index in [4.69, 9.17) is 4.74 Å². The van der Waals surface area contributed by atoms with Gasteiger partial charge in [-0.25, -0.2) is 4.79 Å². The molecular weight excluding hydrogens is 430 g/mol. The van der Waals surface area contributed by atoms with Crippen LogP contribution in [0.1, 0.15) is 39.2 Å². The van der Waals surface area contributed by atoms with E-state index in [0.29, 0.717) is 24.8 Å². The van der Waals surface area contributed by atoms with E-state index in [1.807, 2.05) is 56.3 Å². The fraction of sp³-hybridized carbons (Fsp3) is 0.500. The summed E-state index contributed by atoms with van der Waals surface area (Å²) in [5.74, 6) is -2.41. The Kier molecular flexibility index (Phi) is 6.58. The second-order valence-corrected chi connectivity index (χ2v) is 10.5. The van der Waals surface area contributed by atoms with Crippen molar-refractivity contribution >= 4 is 11.9 Å². The molecule has 182 valence electrons. The summed E-state index contributed by atoms with van der Waals surface area (Å²) in [4.78, 5) is 26.7.